The lowest BCUT2D eigenvalue weighted by molar-refractivity contribution is -0.131. The van der Waals surface area contributed by atoms with Crippen LogP contribution in [0.5, 0.6) is 5.75 Å². The fourth-order valence-corrected chi connectivity index (χ4v) is 3.68. The third kappa shape index (κ3) is 5.14. The minimum Gasteiger partial charge on any atom is -0.492 e. The van der Waals surface area contributed by atoms with Crippen molar-refractivity contribution in [3.63, 3.8) is 0 Å². The van der Waals surface area contributed by atoms with Crippen molar-refractivity contribution in [1.82, 2.24) is 20.1 Å². The van der Waals surface area contributed by atoms with Gasteiger partial charge in [0.1, 0.15) is 18.2 Å². The normalized spacial score (nSPS) is 14.0. The lowest BCUT2D eigenvalue weighted by Crippen LogP contribution is -2.53. The molecule has 7 nitrogen and oxygen atoms in total. The van der Waals surface area contributed by atoms with Gasteiger partial charge in [-0.05, 0) is 35.9 Å². The number of ether oxygens (including phenoxy) is 1. The highest BCUT2D eigenvalue weighted by molar-refractivity contribution is 5.89. The van der Waals surface area contributed by atoms with Crippen molar-refractivity contribution in [3.05, 3.63) is 66.1 Å². The van der Waals surface area contributed by atoms with E-state index in [9.17, 15) is 14.0 Å². The smallest absolute Gasteiger partial charge is 0.317 e. The SMILES string of the molecule is O=C(Cc1c[nH]c2ccccc12)N1CCN(C(=O)NCCOc2ccc(F)cc2)CC1. The van der Waals surface area contributed by atoms with Gasteiger partial charge in [0.05, 0.1) is 13.0 Å². The molecular formula is C23H25FN4O3. The molecule has 1 fully saturated rings. The molecule has 0 unspecified atom stereocenters. The van der Waals surface area contributed by atoms with Crippen LogP contribution in [-0.2, 0) is 11.2 Å². The summed E-state index contributed by atoms with van der Waals surface area (Å²) >= 11 is 0. The molecule has 3 amide bonds. The molecule has 162 valence electrons. The zero-order chi connectivity index (χ0) is 21.6. The number of fused-ring (bicyclic) bond motifs is 1. The fraction of sp³-hybridized carbons (Fsp3) is 0.304. The van der Waals surface area contributed by atoms with Crippen molar-refractivity contribution in [2.75, 3.05) is 39.3 Å². The molecule has 0 aliphatic carbocycles. The van der Waals surface area contributed by atoms with Crippen LogP contribution in [0.25, 0.3) is 10.9 Å². The quantitative estimate of drug-likeness (QED) is 0.598. The Morgan fingerprint density at radius 1 is 1.00 bits per heavy atom. The van der Waals surface area contributed by atoms with E-state index < -0.39 is 0 Å². The van der Waals surface area contributed by atoms with Crippen molar-refractivity contribution < 1.29 is 18.7 Å². The highest BCUT2D eigenvalue weighted by atomic mass is 19.1. The molecule has 3 aromatic rings. The molecule has 4 rings (SSSR count). The van der Waals surface area contributed by atoms with Gasteiger partial charge >= 0.3 is 6.03 Å². The Kier molecular flexibility index (Phi) is 6.35. The Morgan fingerprint density at radius 3 is 2.48 bits per heavy atom. The molecular weight excluding hydrogens is 399 g/mol. The van der Waals surface area contributed by atoms with Crippen LogP contribution in [0, 0.1) is 5.82 Å². The Labute approximate surface area is 179 Å². The molecule has 1 aliphatic heterocycles. The third-order valence-corrected chi connectivity index (χ3v) is 5.40. The lowest BCUT2D eigenvalue weighted by atomic mass is 10.1. The maximum Gasteiger partial charge on any atom is 0.317 e. The molecule has 2 heterocycles. The van der Waals surface area contributed by atoms with E-state index in [4.69, 9.17) is 4.74 Å². The number of aromatic nitrogens is 1. The number of halogens is 1. The fourth-order valence-electron chi connectivity index (χ4n) is 3.68. The first-order chi connectivity index (χ1) is 15.1. The van der Waals surface area contributed by atoms with Crippen molar-refractivity contribution in [3.8, 4) is 5.75 Å². The molecule has 1 aromatic heterocycles. The number of carbonyl (C=O) groups is 2. The maximum absolute atomic E-state index is 12.9. The van der Waals surface area contributed by atoms with Crippen LogP contribution in [0.2, 0.25) is 0 Å². The molecule has 1 saturated heterocycles. The van der Waals surface area contributed by atoms with Gasteiger partial charge in [-0.15, -0.1) is 0 Å². The monoisotopic (exact) mass is 424 g/mol. The van der Waals surface area contributed by atoms with E-state index in [-0.39, 0.29) is 17.8 Å². The van der Waals surface area contributed by atoms with Gasteiger partial charge in [-0.3, -0.25) is 4.79 Å². The number of hydrogen-bond acceptors (Lipinski definition) is 3. The number of carbonyl (C=O) groups excluding carboxylic acids is 2. The van der Waals surface area contributed by atoms with Crippen LogP contribution in [0.4, 0.5) is 9.18 Å². The summed E-state index contributed by atoms with van der Waals surface area (Å²) in [5, 5.41) is 3.88. The second kappa shape index (κ2) is 9.51. The predicted octanol–water partition coefficient (Wildman–Crippen LogP) is 2.78. The number of rotatable bonds is 6. The van der Waals surface area contributed by atoms with Gasteiger partial charge in [0.15, 0.2) is 0 Å². The van der Waals surface area contributed by atoms with Crippen molar-refractivity contribution >= 4 is 22.8 Å². The van der Waals surface area contributed by atoms with E-state index in [0.717, 1.165) is 16.5 Å². The number of para-hydroxylation sites is 1. The number of piperazine rings is 1. The number of amides is 3. The first-order valence-electron chi connectivity index (χ1n) is 10.3. The Balaban J connectivity index is 1.18. The number of benzene rings is 2. The second-order valence-electron chi connectivity index (χ2n) is 7.44. The van der Waals surface area contributed by atoms with Crippen LogP contribution in [0.15, 0.2) is 54.7 Å². The number of hydrogen-bond donors (Lipinski definition) is 2. The number of nitrogens with zero attached hydrogens (tertiary/aromatic N) is 2. The number of aromatic amines is 1. The molecule has 0 spiro atoms. The van der Waals surface area contributed by atoms with E-state index in [1.54, 1.807) is 17.0 Å². The van der Waals surface area contributed by atoms with Gasteiger partial charge in [0.25, 0.3) is 0 Å². The predicted molar refractivity (Wildman–Crippen MR) is 115 cm³/mol. The van der Waals surface area contributed by atoms with Gasteiger partial charge in [0.2, 0.25) is 5.91 Å². The summed E-state index contributed by atoms with van der Waals surface area (Å²) in [6, 6.07) is 13.5. The lowest BCUT2D eigenvalue weighted by Gasteiger charge is -2.34. The molecule has 0 radical (unpaired) electrons. The molecule has 0 bridgehead atoms. The van der Waals surface area contributed by atoms with Crippen LogP contribution in [0.3, 0.4) is 0 Å². The van der Waals surface area contributed by atoms with E-state index in [1.807, 2.05) is 35.4 Å². The molecule has 2 aromatic carbocycles. The summed E-state index contributed by atoms with van der Waals surface area (Å²) in [6.45, 7) is 2.65. The summed E-state index contributed by atoms with van der Waals surface area (Å²) < 4.78 is 18.3. The Bertz CT molecular complexity index is 1040. The van der Waals surface area contributed by atoms with E-state index in [0.29, 0.717) is 51.5 Å². The summed E-state index contributed by atoms with van der Waals surface area (Å²) in [7, 11) is 0. The minimum absolute atomic E-state index is 0.0671. The highest BCUT2D eigenvalue weighted by Crippen LogP contribution is 2.19. The highest BCUT2D eigenvalue weighted by Gasteiger charge is 2.24. The molecule has 8 heteroatoms. The minimum atomic E-state index is -0.320. The number of urea groups is 1. The largest absolute Gasteiger partial charge is 0.492 e. The first-order valence-corrected chi connectivity index (χ1v) is 10.3. The molecule has 2 N–H and O–H groups in total. The van der Waals surface area contributed by atoms with Crippen LogP contribution < -0.4 is 10.1 Å². The summed E-state index contributed by atoms with van der Waals surface area (Å²) in [4.78, 5) is 31.7. The summed E-state index contributed by atoms with van der Waals surface area (Å²) in [5.41, 5.74) is 2.01. The second-order valence-corrected chi connectivity index (χ2v) is 7.44. The van der Waals surface area contributed by atoms with Crippen LogP contribution in [0.1, 0.15) is 5.56 Å². The average Bonchev–Trinajstić information content (AvgIpc) is 3.20. The standard InChI is InChI=1S/C23H25FN4O3/c24-18-5-7-19(8-6-18)31-14-9-25-23(30)28-12-10-27(11-13-28)22(29)15-17-16-26-21-4-2-1-3-20(17)21/h1-8,16,26H,9-15H2,(H,25,30). The van der Waals surface area contributed by atoms with Gasteiger partial charge in [-0.25, -0.2) is 9.18 Å². The van der Waals surface area contributed by atoms with E-state index in [2.05, 4.69) is 10.3 Å². The first kappa shape index (κ1) is 20.7. The average molecular weight is 424 g/mol. The molecule has 0 saturated carbocycles. The van der Waals surface area contributed by atoms with Gasteiger partial charge < -0.3 is 24.8 Å². The van der Waals surface area contributed by atoms with E-state index >= 15 is 0 Å². The van der Waals surface area contributed by atoms with Crippen molar-refractivity contribution in [2.24, 2.45) is 0 Å². The third-order valence-electron chi connectivity index (χ3n) is 5.40. The number of H-pyrrole nitrogens is 1. The van der Waals surface area contributed by atoms with Gasteiger partial charge in [0, 0.05) is 43.3 Å². The van der Waals surface area contributed by atoms with Crippen LogP contribution in [-0.4, -0.2) is 66.1 Å². The topological polar surface area (TPSA) is 77.7 Å². The van der Waals surface area contributed by atoms with E-state index in [1.165, 1.54) is 12.1 Å². The zero-order valence-corrected chi connectivity index (χ0v) is 17.1. The van der Waals surface area contributed by atoms with Crippen LogP contribution >= 0.6 is 0 Å². The number of nitrogens with one attached hydrogen (secondary N) is 2. The summed E-state index contributed by atoms with van der Waals surface area (Å²) in [6.07, 6.45) is 2.23. The maximum atomic E-state index is 12.9. The summed E-state index contributed by atoms with van der Waals surface area (Å²) in [5.74, 6) is 0.301. The molecule has 0 atom stereocenters. The van der Waals surface area contributed by atoms with Crippen molar-refractivity contribution in [2.45, 2.75) is 6.42 Å². The molecule has 31 heavy (non-hydrogen) atoms. The zero-order valence-electron chi connectivity index (χ0n) is 17.1. The van der Waals surface area contributed by atoms with Gasteiger partial charge in [-0.1, -0.05) is 18.2 Å². The molecule has 1 aliphatic rings. The Hall–Kier alpha value is -3.55. The Morgan fingerprint density at radius 2 is 1.71 bits per heavy atom. The van der Waals surface area contributed by atoms with Gasteiger partial charge in [-0.2, -0.15) is 0 Å². The van der Waals surface area contributed by atoms with Crippen molar-refractivity contribution in [1.29, 1.82) is 0 Å².